The maximum Gasteiger partial charge on any atom is 0.411 e. The number of halogens is 3. The third-order valence-corrected chi connectivity index (χ3v) is 2.64. The standard InChI is InChI=1S/C13H16F3NO3/c1-8-5-17-11(9(2)12(8)19-3)4-10(18)6-20-7-13(14,15)16/h5H,4,6-7H2,1-3H3. The van der Waals surface area contributed by atoms with Crippen LogP contribution in [0.1, 0.15) is 16.8 Å². The molecule has 0 amide bonds. The Morgan fingerprint density at radius 1 is 1.35 bits per heavy atom. The second-order valence-electron chi connectivity index (χ2n) is 4.37. The van der Waals surface area contributed by atoms with Gasteiger partial charge in [-0.1, -0.05) is 0 Å². The molecule has 0 spiro atoms. The molecular formula is C13H16F3NO3. The summed E-state index contributed by atoms with van der Waals surface area (Å²) >= 11 is 0. The predicted octanol–water partition coefficient (Wildman–Crippen LogP) is 2.40. The van der Waals surface area contributed by atoms with Crippen LogP contribution >= 0.6 is 0 Å². The minimum atomic E-state index is -4.43. The number of rotatable bonds is 6. The number of carbonyl (C=O) groups excluding carboxylic acids is 1. The number of Topliss-reactive ketones (excluding diaryl/α,β-unsaturated/α-hetero) is 1. The zero-order valence-corrected chi connectivity index (χ0v) is 11.5. The van der Waals surface area contributed by atoms with Gasteiger partial charge in [-0.05, 0) is 13.8 Å². The van der Waals surface area contributed by atoms with Gasteiger partial charge in [-0.3, -0.25) is 9.78 Å². The van der Waals surface area contributed by atoms with E-state index in [0.29, 0.717) is 17.0 Å². The summed E-state index contributed by atoms with van der Waals surface area (Å²) in [4.78, 5) is 15.7. The number of nitrogens with zero attached hydrogens (tertiary/aromatic N) is 1. The summed E-state index contributed by atoms with van der Waals surface area (Å²) in [6.45, 7) is 1.55. The highest BCUT2D eigenvalue weighted by molar-refractivity contribution is 5.82. The molecule has 0 saturated heterocycles. The van der Waals surface area contributed by atoms with E-state index in [4.69, 9.17) is 4.74 Å². The first kappa shape index (κ1) is 16.4. The quantitative estimate of drug-likeness (QED) is 0.807. The van der Waals surface area contributed by atoms with E-state index in [1.54, 1.807) is 13.1 Å². The summed E-state index contributed by atoms with van der Waals surface area (Å²) in [5, 5.41) is 0. The van der Waals surface area contributed by atoms with Crippen LogP contribution in [0.2, 0.25) is 0 Å². The molecule has 0 aliphatic carbocycles. The van der Waals surface area contributed by atoms with Gasteiger partial charge < -0.3 is 9.47 Å². The average molecular weight is 291 g/mol. The number of ether oxygens (including phenoxy) is 2. The van der Waals surface area contributed by atoms with Crippen molar-refractivity contribution in [2.75, 3.05) is 20.3 Å². The largest absolute Gasteiger partial charge is 0.496 e. The highest BCUT2D eigenvalue weighted by Gasteiger charge is 2.27. The number of carbonyl (C=O) groups is 1. The number of alkyl halides is 3. The molecule has 4 nitrogen and oxygen atoms in total. The van der Waals surface area contributed by atoms with Crippen molar-refractivity contribution in [1.82, 2.24) is 4.98 Å². The van der Waals surface area contributed by atoms with Crippen molar-refractivity contribution < 1.29 is 27.4 Å². The Labute approximate surface area is 114 Å². The Balaban J connectivity index is 2.63. The number of ketones is 1. The Kier molecular flexibility index (Phi) is 5.50. The fourth-order valence-electron chi connectivity index (χ4n) is 1.77. The minimum Gasteiger partial charge on any atom is -0.496 e. The number of aryl methyl sites for hydroxylation is 1. The molecule has 112 valence electrons. The van der Waals surface area contributed by atoms with Crippen molar-refractivity contribution in [3.63, 3.8) is 0 Å². The van der Waals surface area contributed by atoms with Gasteiger partial charge in [-0.15, -0.1) is 0 Å². The third-order valence-electron chi connectivity index (χ3n) is 2.64. The molecule has 0 aliphatic heterocycles. The monoisotopic (exact) mass is 291 g/mol. The molecule has 1 heterocycles. The normalized spacial score (nSPS) is 11.5. The van der Waals surface area contributed by atoms with E-state index in [9.17, 15) is 18.0 Å². The van der Waals surface area contributed by atoms with Crippen LogP contribution in [0.3, 0.4) is 0 Å². The third kappa shape index (κ3) is 4.80. The molecule has 0 saturated carbocycles. The van der Waals surface area contributed by atoms with Crippen molar-refractivity contribution in [2.24, 2.45) is 0 Å². The molecule has 0 N–H and O–H groups in total. The lowest BCUT2D eigenvalue weighted by Gasteiger charge is -2.12. The number of hydrogen-bond acceptors (Lipinski definition) is 4. The summed E-state index contributed by atoms with van der Waals surface area (Å²) in [5.74, 6) is 0.162. The van der Waals surface area contributed by atoms with Gasteiger partial charge in [0, 0.05) is 17.3 Å². The number of methoxy groups -OCH3 is 1. The van der Waals surface area contributed by atoms with Crippen LogP contribution in [0.5, 0.6) is 5.75 Å². The fourth-order valence-corrected chi connectivity index (χ4v) is 1.77. The summed E-state index contributed by atoms with van der Waals surface area (Å²) < 4.78 is 45.1. The van der Waals surface area contributed by atoms with Crippen LogP contribution in [0.15, 0.2) is 6.20 Å². The van der Waals surface area contributed by atoms with E-state index in [0.717, 1.165) is 5.56 Å². The second-order valence-corrected chi connectivity index (χ2v) is 4.37. The highest BCUT2D eigenvalue weighted by atomic mass is 19.4. The van der Waals surface area contributed by atoms with Gasteiger partial charge in [0.05, 0.1) is 19.2 Å². The van der Waals surface area contributed by atoms with Crippen LogP contribution in [-0.4, -0.2) is 37.3 Å². The molecule has 0 radical (unpaired) electrons. The van der Waals surface area contributed by atoms with Crippen LogP contribution in [-0.2, 0) is 16.0 Å². The molecule has 1 aromatic rings. The zero-order chi connectivity index (χ0) is 15.3. The summed E-state index contributed by atoms with van der Waals surface area (Å²) in [6, 6.07) is 0. The summed E-state index contributed by atoms with van der Waals surface area (Å²) in [6.07, 6.45) is -2.95. The summed E-state index contributed by atoms with van der Waals surface area (Å²) in [5.41, 5.74) is 2.01. The van der Waals surface area contributed by atoms with Gasteiger partial charge in [-0.25, -0.2) is 0 Å². The molecule has 0 bridgehead atoms. The van der Waals surface area contributed by atoms with Crippen LogP contribution in [0, 0.1) is 13.8 Å². The van der Waals surface area contributed by atoms with Crippen molar-refractivity contribution in [3.05, 3.63) is 23.0 Å². The van der Waals surface area contributed by atoms with Crippen molar-refractivity contribution >= 4 is 5.78 Å². The molecule has 0 atom stereocenters. The Morgan fingerprint density at radius 2 is 2.00 bits per heavy atom. The first-order chi connectivity index (χ1) is 9.24. The summed E-state index contributed by atoms with van der Waals surface area (Å²) in [7, 11) is 1.51. The van der Waals surface area contributed by atoms with E-state index in [1.807, 2.05) is 6.92 Å². The van der Waals surface area contributed by atoms with Gasteiger partial charge in [0.25, 0.3) is 0 Å². The molecule has 7 heteroatoms. The number of pyridine rings is 1. The molecule has 1 aromatic heterocycles. The first-order valence-corrected chi connectivity index (χ1v) is 5.90. The van der Waals surface area contributed by atoms with E-state index in [-0.39, 0.29) is 6.42 Å². The fraction of sp³-hybridized carbons (Fsp3) is 0.538. The first-order valence-electron chi connectivity index (χ1n) is 5.90. The molecule has 0 aliphatic rings. The molecule has 0 aromatic carbocycles. The molecule has 20 heavy (non-hydrogen) atoms. The van der Waals surface area contributed by atoms with Crippen LogP contribution in [0.25, 0.3) is 0 Å². The lowest BCUT2D eigenvalue weighted by atomic mass is 10.1. The molecular weight excluding hydrogens is 275 g/mol. The van der Waals surface area contributed by atoms with Gasteiger partial charge in [0.15, 0.2) is 5.78 Å². The van der Waals surface area contributed by atoms with Crippen LogP contribution in [0.4, 0.5) is 13.2 Å². The lowest BCUT2D eigenvalue weighted by Crippen LogP contribution is -2.21. The highest BCUT2D eigenvalue weighted by Crippen LogP contribution is 2.24. The maximum absolute atomic E-state index is 11.9. The van der Waals surface area contributed by atoms with Crippen molar-refractivity contribution in [1.29, 1.82) is 0 Å². The van der Waals surface area contributed by atoms with Crippen molar-refractivity contribution in [2.45, 2.75) is 26.4 Å². The smallest absolute Gasteiger partial charge is 0.411 e. The van der Waals surface area contributed by atoms with E-state index >= 15 is 0 Å². The average Bonchev–Trinajstić information content (AvgIpc) is 2.32. The number of aromatic nitrogens is 1. The van der Waals surface area contributed by atoms with Gasteiger partial charge in [0.2, 0.25) is 0 Å². The predicted molar refractivity (Wildman–Crippen MR) is 65.8 cm³/mol. The minimum absolute atomic E-state index is 0.0830. The van der Waals surface area contributed by atoms with Crippen LogP contribution < -0.4 is 4.74 Å². The molecule has 0 unspecified atom stereocenters. The van der Waals surface area contributed by atoms with Gasteiger partial charge in [0.1, 0.15) is 19.0 Å². The van der Waals surface area contributed by atoms with E-state index in [2.05, 4.69) is 9.72 Å². The molecule has 0 fully saturated rings. The topological polar surface area (TPSA) is 48.4 Å². The van der Waals surface area contributed by atoms with Gasteiger partial charge >= 0.3 is 6.18 Å². The molecule has 1 rings (SSSR count). The van der Waals surface area contributed by atoms with Crippen molar-refractivity contribution in [3.8, 4) is 5.75 Å². The Bertz CT molecular complexity index is 486. The van der Waals surface area contributed by atoms with E-state index in [1.165, 1.54) is 7.11 Å². The number of hydrogen-bond donors (Lipinski definition) is 0. The van der Waals surface area contributed by atoms with E-state index < -0.39 is 25.2 Å². The maximum atomic E-state index is 11.9. The zero-order valence-electron chi connectivity index (χ0n) is 11.5. The Morgan fingerprint density at radius 3 is 2.55 bits per heavy atom. The second kappa shape index (κ2) is 6.69. The lowest BCUT2D eigenvalue weighted by molar-refractivity contribution is -0.175. The Hall–Kier alpha value is -1.63. The SMILES string of the molecule is COc1c(C)cnc(CC(=O)COCC(F)(F)F)c1C. The van der Waals surface area contributed by atoms with Gasteiger partial charge in [-0.2, -0.15) is 13.2 Å².